The van der Waals surface area contributed by atoms with E-state index in [0.717, 1.165) is 0 Å². The van der Waals surface area contributed by atoms with Crippen molar-refractivity contribution in [3.63, 3.8) is 0 Å². The van der Waals surface area contributed by atoms with Crippen molar-refractivity contribution in [2.45, 2.75) is 26.8 Å². The Balaban J connectivity index is 2.53. The number of nitrogens with one attached hydrogen (secondary N) is 3. The average molecular weight is 277 g/mol. The molecule has 108 valence electrons. The number of rotatable bonds is 5. The molecule has 0 saturated heterocycles. The SMILES string of the molecule is CC(=O)c1ccccc1NCC(=O)NC(=O)NC(C)C. The minimum atomic E-state index is -0.536. The third kappa shape index (κ3) is 5.09. The Bertz CT molecular complexity index is 512. The number of ketones is 1. The molecule has 0 aromatic heterocycles. The fourth-order valence-corrected chi connectivity index (χ4v) is 1.59. The fourth-order valence-electron chi connectivity index (χ4n) is 1.59. The fraction of sp³-hybridized carbons (Fsp3) is 0.357. The largest absolute Gasteiger partial charge is 0.376 e. The lowest BCUT2D eigenvalue weighted by Crippen LogP contribution is -2.44. The van der Waals surface area contributed by atoms with Crippen LogP contribution in [0.2, 0.25) is 0 Å². The molecule has 0 saturated carbocycles. The molecule has 20 heavy (non-hydrogen) atoms. The second-order valence-corrected chi connectivity index (χ2v) is 4.63. The van der Waals surface area contributed by atoms with Crippen LogP contribution in [-0.2, 0) is 4.79 Å². The Labute approximate surface area is 117 Å². The molecule has 0 aliphatic carbocycles. The van der Waals surface area contributed by atoms with Crippen molar-refractivity contribution < 1.29 is 14.4 Å². The van der Waals surface area contributed by atoms with E-state index in [1.165, 1.54) is 6.92 Å². The van der Waals surface area contributed by atoms with E-state index in [0.29, 0.717) is 11.3 Å². The lowest BCUT2D eigenvalue weighted by molar-refractivity contribution is -0.118. The highest BCUT2D eigenvalue weighted by molar-refractivity contribution is 6.01. The smallest absolute Gasteiger partial charge is 0.321 e. The van der Waals surface area contributed by atoms with Crippen LogP contribution >= 0.6 is 0 Å². The number of urea groups is 1. The maximum absolute atomic E-state index is 11.6. The Kier molecular flexibility index (Phi) is 5.71. The van der Waals surface area contributed by atoms with Crippen molar-refractivity contribution in [2.24, 2.45) is 0 Å². The number of carbonyl (C=O) groups excluding carboxylic acids is 3. The Morgan fingerprint density at radius 2 is 1.80 bits per heavy atom. The molecule has 6 heteroatoms. The highest BCUT2D eigenvalue weighted by atomic mass is 16.2. The number of hydrogen-bond acceptors (Lipinski definition) is 4. The van der Waals surface area contributed by atoms with Crippen LogP contribution in [0, 0.1) is 0 Å². The predicted molar refractivity (Wildman–Crippen MR) is 76.7 cm³/mol. The standard InChI is InChI=1S/C14H19N3O3/c1-9(2)16-14(20)17-13(19)8-15-12-7-5-4-6-11(12)10(3)18/h4-7,9,15H,8H2,1-3H3,(H2,16,17,19,20). The third-order valence-corrected chi connectivity index (χ3v) is 2.42. The zero-order valence-electron chi connectivity index (χ0n) is 11.8. The molecule has 0 aliphatic rings. The number of Topliss-reactive ketones (excluding diaryl/α,β-unsaturated/α-hetero) is 1. The molecule has 6 nitrogen and oxygen atoms in total. The summed E-state index contributed by atoms with van der Waals surface area (Å²) in [5.41, 5.74) is 1.08. The van der Waals surface area contributed by atoms with E-state index < -0.39 is 11.9 Å². The van der Waals surface area contributed by atoms with Gasteiger partial charge in [-0.15, -0.1) is 0 Å². The molecule has 0 aliphatic heterocycles. The van der Waals surface area contributed by atoms with Crippen LogP contribution in [-0.4, -0.2) is 30.3 Å². The number of anilines is 1. The number of amides is 3. The molecular weight excluding hydrogens is 258 g/mol. The highest BCUT2D eigenvalue weighted by Crippen LogP contribution is 2.14. The topological polar surface area (TPSA) is 87.3 Å². The van der Waals surface area contributed by atoms with Gasteiger partial charge in [0.2, 0.25) is 5.91 Å². The number of hydrogen-bond donors (Lipinski definition) is 3. The molecule has 0 unspecified atom stereocenters. The molecule has 0 atom stereocenters. The van der Waals surface area contributed by atoms with Crippen LogP contribution < -0.4 is 16.0 Å². The van der Waals surface area contributed by atoms with Gasteiger partial charge in [-0.2, -0.15) is 0 Å². The number of carbonyl (C=O) groups is 3. The van der Waals surface area contributed by atoms with Crippen LogP contribution in [0.15, 0.2) is 24.3 Å². The summed E-state index contributed by atoms with van der Waals surface area (Å²) in [5.74, 6) is -0.562. The van der Waals surface area contributed by atoms with E-state index in [9.17, 15) is 14.4 Å². The minimum absolute atomic E-state index is 0.0470. The molecule has 1 aromatic carbocycles. The van der Waals surface area contributed by atoms with Gasteiger partial charge < -0.3 is 10.6 Å². The quantitative estimate of drug-likeness (QED) is 0.712. The van der Waals surface area contributed by atoms with Crippen molar-refractivity contribution in [3.05, 3.63) is 29.8 Å². The molecule has 0 heterocycles. The summed E-state index contributed by atoms with van der Waals surface area (Å²) < 4.78 is 0. The van der Waals surface area contributed by atoms with Gasteiger partial charge in [-0.3, -0.25) is 14.9 Å². The minimum Gasteiger partial charge on any atom is -0.376 e. The number of benzene rings is 1. The number of para-hydroxylation sites is 1. The summed E-state index contributed by atoms with van der Waals surface area (Å²) in [6.45, 7) is 4.96. The summed E-state index contributed by atoms with van der Waals surface area (Å²) in [7, 11) is 0. The number of imide groups is 1. The normalized spacial score (nSPS) is 10.0. The molecule has 3 N–H and O–H groups in total. The molecule has 3 amide bonds. The first-order valence-electron chi connectivity index (χ1n) is 6.34. The summed E-state index contributed by atoms with van der Waals surface area (Å²) in [6, 6.07) is 6.31. The van der Waals surface area contributed by atoms with E-state index in [4.69, 9.17) is 0 Å². The molecule has 0 radical (unpaired) electrons. The molecular formula is C14H19N3O3. The Morgan fingerprint density at radius 1 is 1.15 bits per heavy atom. The maximum atomic E-state index is 11.6. The molecule has 0 spiro atoms. The maximum Gasteiger partial charge on any atom is 0.321 e. The summed E-state index contributed by atoms with van der Waals surface area (Å²) in [5, 5.41) is 7.58. The van der Waals surface area contributed by atoms with Crippen LogP contribution in [0.4, 0.5) is 10.5 Å². The van der Waals surface area contributed by atoms with Crippen LogP contribution in [0.25, 0.3) is 0 Å². The van der Waals surface area contributed by atoms with Crippen LogP contribution in [0.1, 0.15) is 31.1 Å². The first kappa shape index (κ1) is 15.7. The monoisotopic (exact) mass is 277 g/mol. The van der Waals surface area contributed by atoms with Crippen LogP contribution in [0.5, 0.6) is 0 Å². The summed E-state index contributed by atoms with van der Waals surface area (Å²) in [6.07, 6.45) is 0. The molecule has 0 fully saturated rings. The van der Waals surface area contributed by atoms with E-state index >= 15 is 0 Å². The molecule has 0 bridgehead atoms. The van der Waals surface area contributed by atoms with E-state index in [1.807, 2.05) is 0 Å². The van der Waals surface area contributed by atoms with Crippen molar-refractivity contribution >= 4 is 23.4 Å². The van der Waals surface area contributed by atoms with Gasteiger partial charge in [0.25, 0.3) is 0 Å². The van der Waals surface area contributed by atoms with Gasteiger partial charge >= 0.3 is 6.03 Å². The zero-order chi connectivity index (χ0) is 15.1. The van der Waals surface area contributed by atoms with Crippen LogP contribution in [0.3, 0.4) is 0 Å². The summed E-state index contributed by atoms with van der Waals surface area (Å²) in [4.78, 5) is 34.3. The Morgan fingerprint density at radius 3 is 2.40 bits per heavy atom. The molecule has 1 aromatic rings. The van der Waals surface area contributed by atoms with Gasteiger partial charge in [-0.25, -0.2) is 4.79 Å². The van der Waals surface area contributed by atoms with E-state index in [2.05, 4.69) is 16.0 Å². The van der Waals surface area contributed by atoms with Gasteiger partial charge in [0.15, 0.2) is 5.78 Å². The van der Waals surface area contributed by atoms with Gasteiger partial charge in [0, 0.05) is 17.3 Å². The van der Waals surface area contributed by atoms with Crippen molar-refractivity contribution in [3.8, 4) is 0 Å². The predicted octanol–water partition coefficient (Wildman–Crippen LogP) is 1.54. The van der Waals surface area contributed by atoms with Gasteiger partial charge in [-0.1, -0.05) is 12.1 Å². The molecule has 1 rings (SSSR count). The van der Waals surface area contributed by atoms with Crippen molar-refractivity contribution in [1.82, 2.24) is 10.6 Å². The van der Waals surface area contributed by atoms with Gasteiger partial charge in [0.1, 0.15) is 0 Å². The van der Waals surface area contributed by atoms with Gasteiger partial charge in [-0.05, 0) is 32.9 Å². The Hall–Kier alpha value is -2.37. The zero-order valence-corrected chi connectivity index (χ0v) is 11.8. The van der Waals surface area contributed by atoms with E-state index in [1.54, 1.807) is 38.1 Å². The second-order valence-electron chi connectivity index (χ2n) is 4.63. The van der Waals surface area contributed by atoms with Gasteiger partial charge in [0.05, 0.1) is 6.54 Å². The average Bonchev–Trinajstić information content (AvgIpc) is 2.35. The first-order chi connectivity index (χ1) is 9.40. The second kappa shape index (κ2) is 7.28. The van der Waals surface area contributed by atoms with Crippen molar-refractivity contribution in [1.29, 1.82) is 0 Å². The first-order valence-corrected chi connectivity index (χ1v) is 6.34. The lowest BCUT2D eigenvalue weighted by atomic mass is 10.1. The lowest BCUT2D eigenvalue weighted by Gasteiger charge is -2.11. The highest BCUT2D eigenvalue weighted by Gasteiger charge is 2.10. The third-order valence-electron chi connectivity index (χ3n) is 2.42. The van der Waals surface area contributed by atoms with Crippen molar-refractivity contribution in [2.75, 3.05) is 11.9 Å². The van der Waals surface area contributed by atoms with E-state index in [-0.39, 0.29) is 18.4 Å². The summed E-state index contributed by atoms with van der Waals surface area (Å²) >= 11 is 0.